The fourth-order valence-electron chi connectivity index (χ4n) is 1.43. The Kier molecular flexibility index (Phi) is 3.59. The van der Waals surface area contributed by atoms with E-state index in [2.05, 4.69) is 20.9 Å². The van der Waals surface area contributed by atoms with Crippen molar-refractivity contribution < 1.29 is 4.79 Å². The van der Waals surface area contributed by atoms with E-state index in [1.807, 2.05) is 30.5 Å². The first-order valence-electron chi connectivity index (χ1n) is 5.03. The largest absolute Gasteiger partial charge is 0.295 e. The highest BCUT2D eigenvalue weighted by Crippen LogP contribution is 2.21. The van der Waals surface area contributed by atoms with E-state index in [9.17, 15) is 4.79 Å². The van der Waals surface area contributed by atoms with Gasteiger partial charge in [-0.15, -0.1) is 11.3 Å². The molecule has 2 heterocycles. The third kappa shape index (κ3) is 2.56. The van der Waals surface area contributed by atoms with Gasteiger partial charge in [0.05, 0.1) is 4.88 Å². The van der Waals surface area contributed by atoms with E-state index in [1.54, 1.807) is 18.1 Å². The summed E-state index contributed by atoms with van der Waals surface area (Å²) in [5.74, 6) is 0.611. The molecule has 3 nitrogen and oxygen atoms in total. The molecule has 2 aromatic rings. The number of nitrogens with zero attached hydrogens (tertiary/aromatic N) is 2. The minimum absolute atomic E-state index is 0.0249. The zero-order valence-corrected chi connectivity index (χ0v) is 11.9. The first-order valence-corrected chi connectivity index (χ1v) is 6.70. The quantitative estimate of drug-likeness (QED) is 0.850. The minimum Gasteiger partial charge on any atom is -0.295 e. The molecule has 17 heavy (non-hydrogen) atoms. The van der Waals surface area contributed by atoms with Crippen molar-refractivity contribution in [1.29, 1.82) is 0 Å². The van der Waals surface area contributed by atoms with E-state index >= 15 is 0 Å². The van der Waals surface area contributed by atoms with E-state index in [0.29, 0.717) is 5.82 Å². The lowest BCUT2D eigenvalue weighted by atomic mass is 10.2. The molecule has 0 N–H and O–H groups in total. The summed E-state index contributed by atoms with van der Waals surface area (Å²) < 4.78 is 0.907. The van der Waals surface area contributed by atoms with Crippen molar-refractivity contribution in [3.63, 3.8) is 0 Å². The normalized spacial score (nSPS) is 10.3. The zero-order chi connectivity index (χ0) is 12.4. The fraction of sp³-hybridized carbons (Fsp3) is 0.167. The number of pyridine rings is 1. The minimum atomic E-state index is -0.0249. The molecular formula is C12H11BrN2OS. The summed E-state index contributed by atoms with van der Waals surface area (Å²) in [6.07, 6.45) is 1.67. The first-order chi connectivity index (χ1) is 8.09. The number of carbonyl (C=O) groups excluding carboxylic acids is 1. The van der Waals surface area contributed by atoms with Crippen LogP contribution in [-0.4, -0.2) is 17.9 Å². The van der Waals surface area contributed by atoms with E-state index in [0.717, 1.165) is 14.9 Å². The topological polar surface area (TPSA) is 33.2 Å². The van der Waals surface area contributed by atoms with Crippen LogP contribution in [0, 0.1) is 6.92 Å². The SMILES string of the molecule is Cc1ccsc1C(=O)N(C)c1cc(Br)ccn1. The van der Waals surface area contributed by atoms with Crippen LogP contribution in [0.15, 0.2) is 34.2 Å². The molecule has 0 unspecified atom stereocenters. The molecule has 1 amide bonds. The number of amides is 1. The maximum absolute atomic E-state index is 12.2. The van der Waals surface area contributed by atoms with Gasteiger partial charge in [-0.1, -0.05) is 15.9 Å². The number of thiophene rings is 1. The molecule has 5 heteroatoms. The van der Waals surface area contributed by atoms with Gasteiger partial charge in [0.2, 0.25) is 0 Å². The highest BCUT2D eigenvalue weighted by atomic mass is 79.9. The van der Waals surface area contributed by atoms with Crippen molar-refractivity contribution in [2.24, 2.45) is 0 Å². The van der Waals surface area contributed by atoms with Gasteiger partial charge >= 0.3 is 0 Å². The molecular weight excluding hydrogens is 300 g/mol. The van der Waals surface area contributed by atoms with Crippen LogP contribution < -0.4 is 4.90 Å². The second-order valence-electron chi connectivity index (χ2n) is 3.63. The molecule has 88 valence electrons. The van der Waals surface area contributed by atoms with Gasteiger partial charge < -0.3 is 0 Å². The Balaban J connectivity index is 2.30. The van der Waals surface area contributed by atoms with E-state index in [-0.39, 0.29) is 5.91 Å². The molecule has 2 rings (SSSR count). The van der Waals surface area contributed by atoms with Crippen LogP contribution in [0.5, 0.6) is 0 Å². The van der Waals surface area contributed by atoms with Crippen LogP contribution in [0.2, 0.25) is 0 Å². The van der Waals surface area contributed by atoms with Gasteiger partial charge in [-0.2, -0.15) is 0 Å². The number of hydrogen-bond donors (Lipinski definition) is 0. The number of anilines is 1. The molecule has 0 saturated carbocycles. The standard InChI is InChI=1S/C12H11BrN2OS/c1-8-4-6-17-11(8)12(16)15(2)10-7-9(13)3-5-14-10/h3-7H,1-2H3. The van der Waals surface area contributed by atoms with Crippen LogP contribution in [0.4, 0.5) is 5.82 Å². The van der Waals surface area contributed by atoms with Gasteiger partial charge in [0, 0.05) is 17.7 Å². The molecule has 0 atom stereocenters. The molecule has 0 aliphatic rings. The third-order valence-corrected chi connectivity index (χ3v) is 3.91. The van der Waals surface area contributed by atoms with Gasteiger partial charge in [0.25, 0.3) is 5.91 Å². The van der Waals surface area contributed by atoms with Crippen LogP contribution in [0.1, 0.15) is 15.2 Å². The van der Waals surface area contributed by atoms with Gasteiger partial charge in [0.1, 0.15) is 5.82 Å². The van der Waals surface area contributed by atoms with E-state index in [1.165, 1.54) is 11.3 Å². The summed E-state index contributed by atoms with van der Waals surface area (Å²) in [5, 5.41) is 1.92. The number of hydrogen-bond acceptors (Lipinski definition) is 3. The number of aromatic nitrogens is 1. The highest BCUT2D eigenvalue weighted by molar-refractivity contribution is 9.10. The van der Waals surface area contributed by atoms with Crippen molar-refractivity contribution in [3.05, 3.63) is 44.7 Å². The van der Waals surface area contributed by atoms with Crippen molar-refractivity contribution in [3.8, 4) is 0 Å². The molecule has 0 aromatic carbocycles. The molecule has 0 aliphatic carbocycles. The van der Waals surface area contributed by atoms with Crippen molar-refractivity contribution in [1.82, 2.24) is 4.98 Å². The molecule has 2 aromatic heterocycles. The Bertz CT molecular complexity index is 553. The van der Waals surface area contributed by atoms with Gasteiger partial charge in [-0.05, 0) is 36.1 Å². The zero-order valence-electron chi connectivity index (χ0n) is 9.48. The van der Waals surface area contributed by atoms with E-state index < -0.39 is 0 Å². The molecule has 0 fully saturated rings. The Hall–Kier alpha value is -1.20. The lowest BCUT2D eigenvalue weighted by Gasteiger charge is -2.15. The molecule has 0 bridgehead atoms. The van der Waals surface area contributed by atoms with Gasteiger partial charge in [0.15, 0.2) is 0 Å². The number of rotatable bonds is 2. The number of halogens is 1. The predicted molar refractivity (Wildman–Crippen MR) is 73.7 cm³/mol. The number of aryl methyl sites for hydroxylation is 1. The van der Waals surface area contributed by atoms with Crippen molar-refractivity contribution in [2.45, 2.75) is 6.92 Å². The predicted octanol–water partition coefficient (Wildman–Crippen LogP) is 3.49. The van der Waals surface area contributed by atoms with Gasteiger partial charge in [-0.25, -0.2) is 4.98 Å². The maximum atomic E-state index is 12.2. The number of carbonyl (C=O) groups is 1. The molecule has 0 radical (unpaired) electrons. The van der Waals surface area contributed by atoms with Crippen LogP contribution in [0.3, 0.4) is 0 Å². The van der Waals surface area contributed by atoms with Crippen molar-refractivity contribution in [2.75, 3.05) is 11.9 Å². The summed E-state index contributed by atoms with van der Waals surface area (Å²) in [6, 6.07) is 5.60. The Labute approximate surface area is 112 Å². The lowest BCUT2D eigenvalue weighted by Crippen LogP contribution is -2.26. The highest BCUT2D eigenvalue weighted by Gasteiger charge is 2.17. The Morgan fingerprint density at radius 2 is 2.24 bits per heavy atom. The maximum Gasteiger partial charge on any atom is 0.269 e. The second kappa shape index (κ2) is 4.98. The molecule has 0 spiro atoms. The average Bonchev–Trinajstić information content (AvgIpc) is 2.73. The van der Waals surface area contributed by atoms with Crippen LogP contribution in [0.25, 0.3) is 0 Å². The average molecular weight is 311 g/mol. The van der Waals surface area contributed by atoms with Crippen LogP contribution >= 0.6 is 27.3 Å². The van der Waals surface area contributed by atoms with Crippen molar-refractivity contribution >= 4 is 39.0 Å². The van der Waals surface area contributed by atoms with Crippen LogP contribution in [-0.2, 0) is 0 Å². The lowest BCUT2D eigenvalue weighted by molar-refractivity contribution is 0.0995. The third-order valence-electron chi connectivity index (χ3n) is 2.41. The molecule has 0 saturated heterocycles. The second-order valence-corrected chi connectivity index (χ2v) is 5.46. The molecule has 0 aliphatic heterocycles. The fourth-order valence-corrected chi connectivity index (χ4v) is 2.65. The summed E-state index contributed by atoms with van der Waals surface area (Å²) in [4.78, 5) is 18.7. The first kappa shape index (κ1) is 12.3. The van der Waals surface area contributed by atoms with Gasteiger partial charge in [-0.3, -0.25) is 9.69 Å². The Morgan fingerprint density at radius 3 is 2.82 bits per heavy atom. The summed E-state index contributed by atoms with van der Waals surface area (Å²) >= 11 is 4.82. The monoisotopic (exact) mass is 310 g/mol. The summed E-state index contributed by atoms with van der Waals surface area (Å²) in [6.45, 7) is 1.94. The van der Waals surface area contributed by atoms with E-state index in [4.69, 9.17) is 0 Å². The summed E-state index contributed by atoms with van der Waals surface area (Å²) in [5.41, 5.74) is 1.00. The smallest absolute Gasteiger partial charge is 0.269 e. The Morgan fingerprint density at radius 1 is 1.47 bits per heavy atom. The summed E-state index contributed by atoms with van der Waals surface area (Å²) in [7, 11) is 1.73.